The Labute approximate surface area is 326 Å². The molecule has 13 atom stereocenters. The minimum absolute atomic E-state index is 0.404. The number of ether oxygens (including phenoxy) is 6. The van der Waals surface area contributed by atoms with E-state index in [4.69, 9.17) is 57.4 Å². The molecule has 19 heteroatoms. The SMILES string of the molecule is CO[C@H]1[C@@H](O[C@@H]2CO[C@@H](O[C@@H]3[C@@H](O)[C@H](O)CO[C@H]3N3C(=O)/C(=C(O)/C=C/C=C/C=C/C=C/C=C(Cl)/C=C(/C)Cl)C(=O)[C@@H]3CC(N)=O)[C@@H](O)[C@@H]2O)O[C@H](C)[C@H]1O. The van der Waals surface area contributed by atoms with Crippen LogP contribution in [0.2, 0.25) is 0 Å². The summed E-state index contributed by atoms with van der Waals surface area (Å²) in [6.07, 6.45) is -2.29. The molecule has 4 saturated heterocycles. The second kappa shape index (κ2) is 20.2. The number of nitrogens with zero attached hydrogens (tertiary/aromatic N) is 1. The fourth-order valence-electron chi connectivity index (χ4n) is 6.17. The largest absolute Gasteiger partial charge is 0.507 e. The molecule has 55 heavy (non-hydrogen) atoms. The Hall–Kier alpha value is -3.27. The van der Waals surface area contributed by atoms with Crippen LogP contribution < -0.4 is 5.73 Å². The van der Waals surface area contributed by atoms with Crippen LogP contribution in [0.1, 0.15) is 20.3 Å². The summed E-state index contributed by atoms with van der Waals surface area (Å²) in [4.78, 5) is 40.2. The summed E-state index contributed by atoms with van der Waals surface area (Å²) in [6, 6.07) is -1.62. The number of carbonyl (C=O) groups is 3. The van der Waals surface area contributed by atoms with Gasteiger partial charge in [0.1, 0.15) is 66.2 Å². The number of primary amides is 1. The molecule has 4 aliphatic rings. The third-order valence-electron chi connectivity index (χ3n) is 8.96. The van der Waals surface area contributed by atoms with Gasteiger partial charge in [-0.05, 0) is 32.1 Å². The number of methoxy groups -OCH3 is 1. The van der Waals surface area contributed by atoms with E-state index in [0.29, 0.717) is 10.1 Å². The Kier molecular flexibility index (Phi) is 16.4. The second-order valence-corrected chi connectivity index (χ2v) is 14.0. The maximum atomic E-state index is 13.8. The van der Waals surface area contributed by atoms with E-state index < -0.39 is 128 Å². The van der Waals surface area contributed by atoms with Gasteiger partial charge in [-0.3, -0.25) is 19.3 Å². The quantitative estimate of drug-likeness (QED) is 0.0527. The normalized spacial score (nSPS) is 37.8. The molecule has 0 aromatic heterocycles. The number of nitrogens with two attached hydrogens (primary N) is 1. The van der Waals surface area contributed by atoms with Gasteiger partial charge in [0.25, 0.3) is 5.91 Å². The molecule has 4 rings (SSSR count). The summed E-state index contributed by atoms with van der Waals surface area (Å²) in [6.45, 7) is 2.32. The minimum Gasteiger partial charge on any atom is -0.507 e. The Balaban J connectivity index is 1.50. The summed E-state index contributed by atoms with van der Waals surface area (Å²) < 4.78 is 33.7. The summed E-state index contributed by atoms with van der Waals surface area (Å²) in [5, 5.41) is 65.5. The van der Waals surface area contributed by atoms with Crippen LogP contribution in [0.15, 0.2) is 82.2 Å². The van der Waals surface area contributed by atoms with E-state index in [9.17, 15) is 45.0 Å². The summed E-state index contributed by atoms with van der Waals surface area (Å²) in [7, 11) is 1.34. The van der Waals surface area contributed by atoms with Gasteiger partial charge in [-0.15, -0.1) is 0 Å². The van der Waals surface area contributed by atoms with Crippen molar-refractivity contribution in [1.29, 1.82) is 0 Å². The predicted octanol–water partition coefficient (Wildman–Crippen LogP) is -0.00880. The lowest BCUT2D eigenvalue weighted by atomic mass is 10.0. The molecule has 0 radical (unpaired) electrons. The van der Waals surface area contributed by atoms with Gasteiger partial charge >= 0.3 is 0 Å². The van der Waals surface area contributed by atoms with Crippen LogP contribution in [-0.4, -0.2) is 153 Å². The smallest absolute Gasteiger partial charge is 0.264 e. The molecule has 0 saturated carbocycles. The number of Topliss-reactive ketones (excluding diaryl/α,β-unsaturated/α-hetero) is 1. The fraction of sp³-hybridized carbons (Fsp3) is 0.528. The highest BCUT2D eigenvalue weighted by Crippen LogP contribution is 2.35. The molecular weight excluding hydrogens is 771 g/mol. The van der Waals surface area contributed by atoms with E-state index in [1.807, 2.05) is 0 Å². The van der Waals surface area contributed by atoms with Crippen LogP contribution in [0.4, 0.5) is 0 Å². The van der Waals surface area contributed by atoms with Gasteiger partial charge in [0.15, 0.2) is 24.6 Å². The second-order valence-electron chi connectivity index (χ2n) is 13.0. The molecule has 0 aromatic carbocycles. The number of ketones is 1. The third-order valence-corrected chi connectivity index (χ3v) is 9.31. The highest BCUT2D eigenvalue weighted by atomic mass is 35.5. The van der Waals surface area contributed by atoms with Gasteiger partial charge in [-0.2, -0.15) is 0 Å². The summed E-state index contributed by atoms with van der Waals surface area (Å²) >= 11 is 11.8. The Morgan fingerprint density at radius 2 is 1.55 bits per heavy atom. The number of hydrogen-bond acceptors (Lipinski definition) is 15. The van der Waals surface area contributed by atoms with E-state index >= 15 is 0 Å². The molecule has 17 nitrogen and oxygen atoms in total. The molecule has 4 fully saturated rings. The van der Waals surface area contributed by atoms with Crippen LogP contribution in [0.3, 0.4) is 0 Å². The standard InChI is InChI=1S/C36H46Cl2N2O15/c1-17(37)13-19(38)11-9-7-5-4-6-8-10-12-21(41)25-27(45)20(14-24(39)43)40(33(25)49)34-31(28(46)22(42)15-51-34)55-35-30(48)29(47)23(16-52-35)54-36-32(50-3)26(44)18(2)53-36/h4-13,18,20,22-23,26,28-32,34-36,41-42,44,46-48H,14-16H2,1-3H3,(H2,39,43)/b5-4+,8-6+,9-7+,12-10+,17-13-,19-11-,25-21-/t18-,20+,22-,23-,26-,28+,29-,30+,31-,32-,34-,35+,36-/m1/s1. The first-order valence-corrected chi connectivity index (χ1v) is 17.9. The lowest BCUT2D eigenvalue weighted by Crippen LogP contribution is -2.65. The van der Waals surface area contributed by atoms with Crippen molar-refractivity contribution in [2.75, 3.05) is 20.3 Å². The summed E-state index contributed by atoms with van der Waals surface area (Å²) in [5.74, 6) is -3.83. The molecule has 0 aliphatic carbocycles. The summed E-state index contributed by atoms with van der Waals surface area (Å²) in [5.41, 5.74) is 4.70. The van der Waals surface area contributed by atoms with Crippen molar-refractivity contribution in [2.45, 2.75) is 100 Å². The van der Waals surface area contributed by atoms with Crippen molar-refractivity contribution >= 4 is 40.8 Å². The van der Waals surface area contributed by atoms with Crippen LogP contribution in [0.25, 0.3) is 0 Å². The van der Waals surface area contributed by atoms with Crippen LogP contribution in [0.5, 0.6) is 0 Å². The van der Waals surface area contributed by atoms with Crippen LogP contribution >= 0.6 is 23.2 Å². The maximum absolute atomic E-state index is 13.8. The predicted molar refractivity (Wildman–Crippen MR) is 194 cm³/mol. The topological polar surface area (TPSA) is 257 Å². The van der Waals surface area contributed by atoms with Crippen LogP contribution in [0, 0.1) is 0 Å². The monoisotopic (exact) mass is 816 g/mol. The average Bonchev–Trinajstić information content (AvgIpc) is 3.53. The number of hydrogen-bond donors (Lipinski definition) is 7. The number of carbonyl (C=O) groups excluding carboxylic acids is 3. The zero-order chi connectivity index (χ0) is 40.6. The van der Waals surface area contributed by atoms with Crippen molar-refractivity contribution in [3.63, 3.8) is 0 Å². The number of aliphatic hydroxyl groups excluding tert-OH is 6. The zero-order valence-corrected chi connectivity index (χ0v) is 31.6. The lowest BCUT2D eigenvalue weighted by Gasteiger charge is -2.46. The van der Waals surface area contributed by atoms with E-state index in [2.05, 4.69) is 0 Å². The molecule has 304 valence electrons. The van der Waals surface area contributed by atoms with Crippen molar-refractivity contribution in [2.24, 2.45) is 5.73 Å². The van der Waals surface area contributed by atoms with Gasteiger partial charge in [-0.1, -0.05) is 65.7 Å². The van der Waals surface area contributed by atoms with Gasteiger partial charge in [0.05, 0.1) is 25.7 Å². The van der Waals surface area contributed by atoms with Crippen molar-refractivity contribution in [3.8, 4) is 0 Å². The number of allylic oxidation sites excluding steroid dienone is 12. The lowest BCUT2D eigenvalue weighted by molar-refractivity contribution is -0.338. The first-order chi connectivity index (χ1) is 26.1. The number of likely N-dealkylation sites (tertiary alicyclic amines) is 1. The number of aliphatic hydroxyl groups is 6. The van der Waals surface area contributed by atoms with Crippen molar-refractivity contribution in [3.05, 3.63) is 82.2 Å². The number of amides is 2. The van der Waals surface area contributed by atoms with E-state index in [0.717, 1.165) is 11.0 Å². The highest BCUT2D eigenvalue weighted by molar-refractivity contribution is 6.34. The van der Waals surface area contributed by atoms with Gasteiger partial charge in [-0.25, -0.2) is 0 Å². The first kappa shape index (κ1) is 44.4. The molecule has 0 bridgehead atoms. The molecule has 4 heterocycles. The van der Waals surface area contributed by atoms with Gasteiger partial charge in [0.2, 0.25) is 5.91 Å². The Morgan fingerprint density at radius 1 is 0.891 bits per heavy atom. The number of halogens is 2. The zero-order valence-electron chi connectivity index (χ0n) is 30.0. The van der Waals surface area contributed by atoms with Gasteiger partial charge < -0.3 is 64.8 Å². The molecule has 8 N–H and O–H groups in total. The first-order valence-electron chi connectivity index (χ1n) is 17.2. The van der Waals surface area contributed by atoms with Crippen molar-refractivity contribution < 1.29 is 73.4 Å². The molecule has 0 unspecified atom stereocenters. The third kappa shape index (κ3) is 11.0. The van der Waals surface area contributed by atoms with Crippen LogP contribution in [-0.2, 0) is 42.8 Å². The Morgan fingerprint density at radius 3 is 2.18 bits per heavy atom. The average molecular weight is 818 g/mol. The molecule has 4 aliphatic heterocycles. The van der Waals surface area contributed by atoms with E-state index in [-0.39, 0.29) is 0 Å². The van der Waals surface area contributed by atoms with Crippen molar-refractivity contribution in [1.82, 2.24) is 4.90 Å². The Bertz CT molecular complexity index is 1610. The molecule has 0 spiro atoms. The fourth-order valence-corrected chi connectivity index (χ4v) is 6.58. The molecule has 0 aromatic rings. The number of rotatable bonds is 14. The molecule has 2 amide bonds. The van der Waals surface area contributed by atoms with E-state index in [1.165, 1.54) is 19.3 Å². The van der Waals surface area contributed by atoms with Gasteiger partial charge in [0, 0.05) is 17.2 Å². The molecular formula is C36H46Cl2N2O15. The van der Waals surface area contributed by atoms with E-state index in [1.54, 1.807) is 56.4 Å². The minimum atomic E-state index is -1.85. The maximum Gasteiger partial charge on any atom is 0.264 e. The highest BCUT2D eigenvalue weighted by Gasteiger charge is 2.56.